The number of benzene rings is 2. The van der Waals surface area contributed by atoms with Crippen LogP contribution in [0.2, 0.25) is 0 Å². The summed E-state index contributed by atoms with van der Waals surface area (Å²) in [6.07, 6.45) is 0.0549. The number of ether oxygens (including phenoxy) is 1. The van der Waals surface area contributed by atoms with Crippen LogP contribution in [0.1, 0.15) is 29.8 Å². The lowest BCUT2D eigenvalue weighted by Gasteiger charge is -2.14. The third kappa shape index (κ3) is 3.59. The second-order valence-corrected chi connectivity index (χ2v) is 5.78. The molecule has 5 heteroatoms. The molecule has 0 fully saturated rings. The van der Waals surface area contributed by atoms with E-state index in [1.165, 1.54) is 6.07 Å². The zero-order valence-electron chi connectivity index (χ0n) is 11.5. The second kappa shape index (κ2) is 6.52. The third-order valence-corrected chi connectivity index (χ3v) is 3.90. The quantitative estimate of drug-likeness (QED) is 0.526. The molecular formula is C16H14BrF3O. The number of halogens is 4. The van der Waals surface area contributed by atoms with Gasteiger partial charge in [-0.2, -0.15) is 0 Å². The molecule has 0 aliphatic heterocycles. The predicted molar refractivity (Wildman–Crippen MR) is 79.3 cm³/mol. The molecule has 0 heterocycles. The van der Waals surface area contributed by atoms with Gasteiger partial charge in [0.05, 0.1) is 10.9 Å². The fraction of sp³-hybridized carbons (Fsp3) is 0.250. The molecule has 0 saturated carbocycles. The Bertz CT molecular complexity index is 626. The summed E-state index contributed by atoms with van der Waals surface area (Å²) in [5.74, 6) is -3.15. The van der Waals surface area contributed by atoms with E-state index >= 15 is 0 Å². The SMILES string of the molecule is CC(C)Oc1ccc(C(Br)c2ccc(F)c(F)c2F)cc1. The van der Waals surface area contributed by atoms with E-state index in [9.17, 15) is 13.2 Å². The molecule has 0 spiro atoms. The molecule has 0 saturated heterocycles. The van der Waals surface area contributed by atoms with Crippen LogP contribution < -0.4 is 4.74 Å². The van der Waals surface area contributed by atoms with E-state index < -0.39 is 22.3 Å². The first kappa shape index (κ1) is 15.9. The molecule has 0 radical (unpaired) electrons. The maximum absolute atomic E-state index is 13.8. The highest BCUT2D eigenvalue weighted by Gasteiger charge is 2.20. The van der Waals surface area contributed by atoms with Crippen molar-refractivity contribution in [3.05, 3.63) is 65.0 Å². The van der Waals surface area contributed by atoms with Crippen LogP contribution in [0.15, 0.2) is 36.4 Å². The van der Waals surface area contributed by atoms with Gasteiger partial charge >= 0.3 is 0 Å². The summed E-state index contributed by atoms with van der Waals surface area (Å²) in [6.45, 7) is 3.83. The first-order valence-electron chi connectivity index (χ1n) is 6.44. The maximum Gasteiger partial charge on any atom is 0.194 e. The van der Waals surface area contributed by atoms with Gasteiger partial charge in [0.25, 0.3) is 0 Å². The Morgan fingerprint density at radius 3 is 2.10 bits per heavy atom. The average molecular weight is 359 g/mol. The standard InChI is InChI=1S/C16H14BrF3O/c1-9(2)21-11-5-3-10(4-6-11)14(17)12-7-8-13(18)16(20)15(12)19/h3-9,14H,1-2H3. The maximum atomic E-state index is 13.8. The average Bonchev–Trinajstić information content (AvgIpc) is 2.44. The zero-order valence-corrected chi connectivity index (χ0v) is 13.1. The van der Waals surface area contributed by atoms with E-state index in [-0.39, 0.29) is 11.7 Å². The van der Waals surface area contributed by atoms with Gasteiger partial charge in [-0.15, -0.1) is 0 Å². The van der Waals surface area contributed by atoms with Crippen LogP contribution in [0.4, 0.5) is 13.2 Å². The molecule has 1 unspecified atom stereocenters. The summed E-state index contributed by atoms with van der Waals surface area (Å²) in [7, 11) is 0. The molecule has 0 aromatic heterocycles. The lowest BCUT2D eigenvalue weighted by Crippen LogP contribution is -2.05. The molecule has 2 aromatic rings. The summed E-state index contributed by atoms with van der Waals surface area (Å²) in [4.78, 5) is -0.569. The molecule has 112 valence electrons. The Kier molecular flexibility index (Phi) is 4.93. The summed E-state index contributed by atoms with van der Waals surface area (Å²) in [5.41, 5.74) is 0.766. The number of hydrogen-bond acceptors (Lipinski definition) is 1. The van der Waals surface area contributed by atoms with Crippen LogP contribution in [0.25, 0.3) is 0 Å². The van der Waals surface area contributed by atoms with Gasteiger partial charge < -0.3 is 4.74 Å². The van der Waals surface area contributed by atoms with Crippen molar-refractivity contribution in [1.29, 1.82) is 0 Å². The van der Waals surface area contributed by atoms with Gasteiger partial charge in [0.15, 0.2) is 17.5 Å². The molecule has 1 atom stereocenters. The van der Waals surface area contributed by atoms with Crippen molar-refractivity contribution < 1.29 is 17.9 Å². The Morgan fingerprint density at radius 1 is 0.905 bits per heavy atom. The van der Waals surface area contributed by atoms with Crippen LogP contribution >= 0.6 is 15.9 Å². The summed E-state index contributed by atoms with van der Waals surface area (Å²) >= 11 is 3.31. The highest BCUT2D eigenvalue weighted by atomic mass is 79.9. The highest BCUT2D eigenvalue weighted by Crippen LogP contribution is 2.34. The molecule has 2 aromatic carbocycles. The largest absolute Gasteiger partial charge is 0.491 e. The first-order chi connectivity index (χ1) is 9.90. The van der Waals surface area contributed by atoms with Gasteiger partial charge in [-0.05, 0) is 37.6 Å². The molecule has 0 aliphatic carbocycles. The first-order valence-corrected chi connectivity index (χ1v) is 7.35. The van der Waals surface area contributed by atoms with Crippen molar-refractivity contribution in [2.45, 2.75) is 24.8 Å². The van der Waals surface area contributed by atoms with E-state index in [0.717, 1.165) is 11.6 Å². The Labute approximate surface area is 129 Å². The monoisotopic (exact) mass is 358 g/mol. The molecule has 0 N–H and O–H groups in total. The number of rotatable bonds is 4. The van der Waals surface area contributed by atoms with Gasteiger partial charge in [-0.1, -0.05) is 34.1 Å². The number of alkyl halides is 1. The molecule has 0 aliphatic rings. The van der Waals surface area contributed by atoms with E-state index in [0.29, 0.717) is 5.75 Å². The molecule has 0 bridgehead atoms. The zero-order chi connectivity index (χ0) is 15.6. The van der Waals surface area contributed by atoms with Crippen LogP contribution in [-0.2, 0) is 0 Å². The van der Waals surface area contributed by atoms with Crippen molar-refractivity contribution >= 4 is 15.9 Å². The topological polar surface area (TPSA) is 9.23 Å². The predicted octanol–water partition coefficient (Wildman–Crippen LogP) is 5.38. The Balaban J connectivity index is 2.28. The third-order valence-electron chi connectivity index (χ3n) is 2.88. The molecular weight excluding hydrogens is 345 g/mol. The van der Waals surface area contributed by atoms with Gasteiger partial charge in [0.2, 0.25) is 0 Å². The van der Waals surface area contributed by atoms with Crippen molar-refractivity contribution in [3.63, 3.8) is 0 Å². The smallest absolute Gasteiger partial charge is 0.194 e. The Morgan fingerprint density at radius 2 is 1.52 bits per heavy atom. The van der Waals surface area contributed by atoms with Gasteiger partial charge in [0.1, 0.15) is 5.75 Å². The normalized spacial score (nSPS) is 12.5. The summed E-state index contributed by atoms with van der Waals surface area (Å²) in [5, 5.41) is 0. The second-order valence-electron chi connectivity index (χ2n) is 4.86. The van der Waals surface area contributed by atoms with Crippen molar-refractivity contribution in [2.75, 3.05) is 0 Å². The summed E-state index contributed by atoms with van der Waals surface area (Å²) in [6, 6.07) is 9.14. The Hall–Kier alpha value is -1.49. The van der Waals surface area contributed by atoms with Crippen LogP contribution in [0.3, 0.4) is 0 Å². The van der Waals surface area contributed by atoms with E-state index in [2.05, 4.69) is 15.9 Å². The molecule has 2 rings (SSSR count). The molecule has 1 nitrogen and oxygen atoms in total. The van der Waals surface area contributed by atoms with E-state index in [4.69, 9.17) is 4.74 Å². The minimum Gasteiger partial charge on any atom is -0.491 e. The fourth-order valence-corrected chi connectivity index (χ4v) is 2.56. The molecule has 21 heavy (non-hydrogen) atoms. The van der Waals surface area contributed by atoms with Crippen molar-refractivity contribution in [2.24, 2.45) is 0 Å². The van der Waals surface area contributed by atoms with E-state index in [1.807, 2.05) is 13.8 Å². The lowest BCUT2D eigenvalue weighted by atomic mass is 10.0. The fourth-order valence-electron chi connectivity index (χ4n) is 1.90. The van der Waals surface area contributed by atoms with E-state index in [1.54, 1.807) is 24.3 Å². The highest BCUT2D eigenvalue weighted by molar-refractivity contribution is 9.09. The van der Waals surface area contributed by atoms with Gasteiger partial charge in [-0.25, -0.2) is 13.2 Å². The van der Waals surface area contributed by atoms with Crippen molar-refractivity contribution in [3.8, 4) is 5.75 Å². The lowest BCUT2D eigenvalue weighted by molar-refractivity contribution is 0.242. The van der Waals surface area contributed by atoms with Crippen LogP contribution in [-0.4, -0.2) is 6.10 Å². The van der Waals surface area contributed by atoms with Gasteiger partial charge in [0, 0.05) is 5.56 Å². The number of hydrogen-bond donors (Lipinski definition) is 0. The molecule has 0 amide bonds. The minimum absolute atomic E-state index is 0.0476. The minimum atomic E-state index is -1.46. The van der Waals surface area contributed by atoms with Gasteiger partial charge in [-0.3, -0.25) is 0 Å². The summed E-state index contributed by atoms with van der Waals surface area (Å²) < 4.78 is 45.5. The van der Waals surface area contributed by atoms with Crippen LogP contribution in [0, 0.1) is 17.5 Å². The van der Waals surface area contributed by atoms with Crippen LogP contribution in [0.5, 0.6) is 5.75 Å². The van der Waals surface area contributed by atoms with Crippen molar-refractivity contribution in [1.82, 2.24) is 0 Å².